The highest BCUT2D eigenvalue weighted by molar-refractivity contribution is 7.80. The maximum atomic E-state index is 5.83. The first-order valence-electron chi connectivity index (χ1n) is 6.80. The molecule has 3 nitrogen and oxygen atoms in total. The van der Waals surface area contributed by atoms with E-state index in [2.05, 4.69) is 36.7 Å². The van der Waals surface area contributed by atoms with Gasteiger partial charge in [0, 0.05) is 22.2 Å². The number of hydrogen-bond donors (Lipinski definition) is 2. The second kappa shape index (κ2) is 6.91. The van der Waals surface area contributed by atoms with Crippen molar-refractivity contribution in [2.75, 3.05) is 12.4 Å². The number of thiophene rings is 1. The minimum Gasteiger partial charge on any atom is -0.497 e. The minimum absolute atomic E-state index is 0.213. The molecule has 21 heavy (non-hydrogen) atoms. The van der Waals surface area contributed by atoms with E-state index in [1.807, 2.05) is 18.2 Å². The van der Waals surface area contributed by atoms with E-state index in [0.717, 1.165) is 17.0 Å². The molecule has 0 aliphatic carbocycles. The molecule has 0 bridgehead atoms. The molecular weight excluding hydrogens is 300 g/mol. The summed E-state index contributed by atoms with van der Waals surface area (Å²) in [4.78, 5) is 1.68. The van der Waals surface area contributed by atoms with Crippen molar-refractivity contribution in [1.29, 1.82) is 0 Å². The van der Waals surface area contributed by atoms with E-state index in [-0.39, 0.29) is 6.04 Å². The topological polar surface area (TPSA) is 47.3 Å². The van der Waals surface area contributed by atoms with Gasteiger partial charge in [0.25, 0.3) is 0 Å². The van der Waals surface area contributed by atoms with Crippen molar-refractivity contribution < 1.29 is 4.74 Å². The molecule has 1 atom stereocenters. The number of nitrogens with two attached hydrogens (primary N) is 1. The molecule has 0 spiro atoms. The largest absolute Gasteiger partial charge is 0.497 e. The minimum atomic E-state index is 0.213. The van der Waals surface area contributed by atoms with Crippen LogP contribution in [0.15, 0.2) is 35.7 Å². The quantitative estimate of drug-likeness (QED) is 0.783. The number of nitrogens with one attached hydrogen (secondary N) is 1. The lowest BCUT2D eigenvalue weighted by atomic mass is 10.0. The molecule has 0 aliphatic rings. The van der Waals surface area contributed by atoms with Crippen LogP contribution in [0, 0.1) is 5.92 Å². The Morgan fingerprint density at radius 1 is 1.33 bits per heavy atom. The lowest BCUT2D eigenvalue weighted by molar-refractivity contribution is 0.415. The zero-order valence-corrected chi connectivity index (χ0v) is 14.1. The van der Waals surface area contributed by atoms with E-state index in [1.165, 1.54) is 4.88 Å². The standard InChI is InChI=1S/C16H20N2OS2/c1-10(2)15(14-5-4-8-21-14)18-13-9-11(19-3)6-7-12(13)16(17)20/h4-10,15,18H,1-3H3,(H2,17,20). The first-order valence-corrected chi connectivity index (χ1v) is 8.09. The Hall–Kier alpha value is -1.59. The van der Waals surface area contributed by atoms with Gasteiger partial charge in [-0.1, -0.05) is 32.1 Å². The van der Waals surface area contributed by atoms with Crippen LogP contribution in [0.1, 0.15) is 30.3 Å². The van der Waals surface area contributed by atoms with E-state index >= 15 is 0 Å². The number of rotatable bonds is 6. The molecule has 1 aromatic carbocycles. The molecule has 1 heterocycles. The number of methoxy groups -OCH3 is 1. The summed E-state index contributed by atoms with van der Waals surface area (Å²) in [5, 5.41) is 5.66. The zero-order chi connectivity index (χ0) is 15.4. The van der Waals surface area contributed by atoms with Gasteiger partial charge in [0.15, 0.2) is 0 Å². The number of anilines is 1. The maximum Gasteiger partial charge on any atom is 0.120 e. The monoisotopic (exact) mass is 320 g/mol. The number of ether oxygens (including phenoxy) is 1. The molecule has 0 saturated carbocycles. The highest BCUT2D eigenvalue weighted by atomic mass is 32.1. The molecular formula is C16H20N2OS2. The number of hydrogen-bond acceptors (Lipinski definition) is 4. The van der Waals surface area contributed by atoms with Crippen LogP contribution >= 0.6 is 23.6 Å². The second-order valence-corrected chi connectivity index (χ2v) is 6.58. The van der Waals surface area contributed by atoms with Crippen molar-refractivity contribution in [1.82, 2.24) is 0 Å². The molecule has 0 aliphatic heterocycles. The van der Waals surface area contributed by atoms with Gasteiger partial charge in [-0.3, -0.25) is 0 Å². The fourth-order valence-corrected chi connectivity index (χ4v) is 3.31. The van der Waals surface area contributed by atoms with Gasteiger partial charge in [-0.05, 0) is 29.5 Å². The van der Waals surface area contributed by atoms with Crippen molar-refractivity contribution in [2.45, 2.75) is 19.9 Å². The van der Waals surface area contributed by atoms with E-state index in [4.69, 9.17) is 22.7 Å². The predicted molar refractivity (Wildman–Crippen MR) is 94.4 cm³/mol. The summed E-state index contributed by atoms with van der Waals surface area (Å²) in [5.41, 5.74) is 7.58. The highest BCUT2D eigenvalue weighted by Gasteiger charge is 2.19. The summed E-state index contributed by atoms with van der Waals surface area (Å²) >= 11 is 6.89. The van der Waals surface area contributed by atoms with Crippen LogP contribution in [0.4, 0.5) is 5.69 Å². The van der Waals surface area contributed by atoms with E-state index < -0.39 is 0 Å². The Balaban J connectivity index is 2.37. The van der Waals surface area contributed by atoms with Crippen LogP contribution in [0.3, 0.4) is 0 Å². The zero-order valence-electron chi connectivity index (χ0n) is 12.4. The molecule has 112 valence electrons. The van der Waals surface area contributed by atoms with Crippen molar-refractivity contribution in [3.05, 3.63) is 46.2 Å². The van der Waals surface area contributed by atoms with Crippen LogP contribution in [-0.4, -0.2) is 12.1 Å². The molecule has 2 rings (SSSR count). The third kappa shape index (κ3) is 3.74. The molecule has 5 heteroatoms. The molecule has 0 saturated heterocycles. The lowest BCUT2D eigenvalue weighted by Gasteiger charge is -2.24. The molecule has 2 aromatic rings. The first-order chi connectivity index (χ1) is 10.0. The summed E-state index contributed by atoms with van der Waals surface area (Å²) in [6.45, 7) is 4.38. The van der Waals surface area contributed by atoms with Crippen LogP contribution < -0.4 is 15.8 Å². The SMILES string of the molecule is COc1ccc(C(N)=S)c(NC(c2cccs2)C(C)C)c1. The third-order valence-corrected chi connectivity index (χ3v) is 4.49. The second-order valence-electron chi connectivity index (χ2n) is 5.16. The van der Waals surface area contributed by atoms with Gasteiger partial charge in [0.05, 0.1) is 13.2 Å². The van der Waals surface area contributed by atoms with Gasteiger partial charge < -0.3 is 15.8 Å². The van der Waals surface area contributed by atoms with Gasteiger partial charge in [-0.15, -0.1) is 11.3 Å². The molecule has 3 N–H and O–H groups in total. The van der Waals surface area contributed by atoms with Gasteiger partial charge in [-0.25, -0.2) is 0 Å². The average Bonchev–Trinajstić information content (AvgIpc) is 2.97. The van der Waals surface area contributed by atoms with Crippen LogP contribution in [0.5, 0.6) is 5.75 Å². The van der Waals surface area contributed by atoms with Crippen LogP contribution in [-0.2, 0) is 0 Å². The Bertz CT molecular complexity index is 609. The summed E-state index contributed by atoms with van der Waals surface area (Å²) in [6.07, 6.45) is 0. The van der Waals surface area contributed by atoms with Crippen molar-refractivity contribution >= 4 is 34.2 Å². The summed E-state index contributed by atoms with van der Waals surface area (Å²) in [6, 6.07) is 10.1. The van der Waals surface area contributed by atoms with Gasteiger partial charge >= 0.3 is 0 Å². The summed E-state index contributed by atoms with van der Waals surface area (Å²) in [5.74, 6) is 1.22. The summed E-state index contributed by atoms with van der Waals surface area (Å²) < 4.78 is 5.30. The fourth-order valence-electron chi connectivity index (χ4n) is 2.19. The van der Waals surface area contributed by atoms with Crippen molar-refractivity contribution in [3.63, 3.8) is 0 Å². The highest BCUT2D eigenvalue weighted by Crippen LogP contribution is 2.32. The van der Waals surface area contributed by atoms with Gasteiger partial charge in [0.2, 0.25) is 0 Å². The van der Waals surface area contributed by atoms with E-state index in [0.29, 0.717) is 10.9 Å². The summed E-state index contributed by atoms with van der Waals surface area (Å²) in [7, 11) is 1.65. The van der Waals surface area contributed by atoms with Crippen LogP contribution in [0.25, 0.3) is 0 Å². The average molecular weight is 320 g/mol. The lowest BCUT2D eigenvalue weighted by Crippen LogP contribution is -2.19. The Kier molecular flexibility index (Phi) is 5.20. The number of benzene rings is 1. The Morgan fingerprint density at radius 3 is 2.62 bits per heavy atom. The van der Waals surface area contributed by atoms with Crippen molar-refractivity contribution in [3.8, 4) is 5.75 Å². The van der Waals surface area contributed by atoms with E-state index in [9.17, 15) is 0 Å². The Labute approximate surface area is 135 Å². The third-order valence-electron chi connectivity index (χ3n) is 3.32. The number of thiocarbonyl (C=S) groups is 1. The fraction of sp³-hybridized carbons (Fsp3) is 0.312. The predicted octanol–water partition coefficient (Wildman–Crippen LogP) is 4.20. The first kappa shape index (κ1) is 15.8. The Morgan fingerprint density at radius 2 is 2.10 bits per heavy atom. The van der Waals surface area contributed by atoms with Gasteiger partial charge in [-0.2, -0.15) is 0 Å². The molecule has 0 amide bonds. The van der Waals surface area contributed by atoms with E-state index in [1.54, 1.807) is 18.4 Å². The molecule has 0 radical (unpaired) electrons. The molecule has 0 fully saturated rings. The van der Waals surface area contributed by atoms with Crippen molar-refractivity contribution in [2.24, 2.45) is 11.7 Å². The van der Waals surface area contributed by atoms with Gasteiger partial charge in [0.1, 0.15) is 10.7 Å². The normalized spacial score (nSPS) is 12.2. The van der Waals surface area contributed by atoms with Crippen LogP contribution in [0.2, 0.25) is 0 Å². The molecule has 1 aromatic heterocycles. The maximum absolute atomic E-state index is 5.83. The smallest absolute Gasteiger partial charge is 0.120 e. The molecule has 1 unspecified atom stereocenters.